The van der Waals surface area contributed by atoms with Gasteiger partial charge < -0.3 is 14.5 Å². The van der Waals surface area contributed by atoms with Crippen LogP contribution in [0.3, 0.4) is 0 Å². The summed E-state index contributed by atoms with van der Waals surface area (Å²) in [4.78, 5) is 10.5. The van der Waals surface area contributed by atoms with Crippen LogP contribution < -0.4 is 9.80 Å². The highest BCUT2D eigenvalue weighted by molar-refractivity contribution is 5.74. The highest BCUT2D eigenvalue weighted by atomic mass is 16.5. The maximum Gasteiger partial charge on any atom is 0.0731 e. The molecular formula is C34H45N3O. The minimum absolute atomic E-state index is 0.0818. The van der Waals surface area contributed by atoms with Crippen molar-refractivity contribution in [3.63, 3.8) is 0 Å². The number of fused-ring (bicyclic) bond motifs is 1. The third-order valence-corrected chi connectivity index (χ3v) is 8.89. The number of nitrogens with zero attached hydrogens (tertiary/aromatic N) is 3. The van der Waals surface area contributed by atoms with E-state index in [0.717, 1.165) is 44.7 Å². The Morgan fingerprint density at radius 3 is 2.32 bits per heavy atom. The Bertz CT molecular complexity index is 1310. The zero-order valence-electron chi connectivity index (χ0n) is 24.7. The smallest absolute Gasteiger partial charge is 0.0731 e. The van der Waals surface area contributed by atoms with Crippen molar-refractivity contribution in [1.82, 2.24) is 4.98 Å². The van der Waals surface area contributed by atoms with Gasteiger partial charge in [0.15, 0.2) is 0 Å². The number of hydrogen-bond donors (Lipinski definition) is 0. The first-order valence-corrected chi connectivity index (χ1v) is 14.3. The van der Waals surface area contributed by atoms with Gasteiger partial charge in [-0.25, -0.2) is 0 Å². The SMILES string of the molecule is CO[C@H]1CCN(c2cc(-c3c(C)cccc3C)nc3c2CN(c2cc(C(C)C)ccc2C)CC3)CC1(C)C. The van der Waals surface area contributed by atoms with Crippen LogP contribution in [0, 0.1) is 26.2 Å². The van der Waals surface area contributed by atoms with E-state index < -0.39 is 0 Å². The predicted octanol–water partition coefficient (Wildman–Crippen LogP) is 7.61. The van der Waals surface area contributed by atoms with Crippen molar-refractivity contribution in [2.24, 2.45) is 5.41 Å². The van der Waals surface area contributed by atoms with Crippen molar-refractivity contribution in [2.45, 2.75) is 79.9 Å². The molecule has 4 nitrogen and oxygen atoms in total. The zero-order chi connectivity index (χ0) is 27.2. The second-order valence-corrected chi connectivity index (χ2v) is 12.5. The molecule has 1 saturated heterocycles. The maximum atomic E-state index is 5.90. The fourth-order valence-corrected chi connectivity index (χ4v) is 6.64. The second kappa shape index (κ2) is 10.4. The van der Waals surface area contributed by atoms with Crippen LogP contribution in [-0.2, 0) is 17.7 Å². The van der Waals surface area contributed by atoms with E-state index in [-0.39, 0.29) is 11.5 Å². The van der Waals surface area contributed by atoms with Crippen LogP contribution in [0.25, 0.3) is 11.3 Å². The summed E-state index contributed by atoms with van der Waals surface area (Å²) in [6.45, 7) is 19.8. The van der Waals surface area contributed by atoms with Gasteiger partial charge in [0.2, 0.25) is 0 Å². The Morgan fingerprint density at radius 2 is 1.66 bits per heavy atom. The van der Waals surface area contributed by atoms with Gasteiger partial charge in [0.1, 0.15) is 0 Å². The van der Waals surface area contributed by atoms with Gasteiger partial charge in [0.25, 0.3) is 0 Å². The number of methoxy groups -OCH3 is 1. The summed E-state index contributed by atoms with van der Waals surface area (Å²) in [5, 5.41) is 0. The van der Waals surface area contributed by atoms with Crippen molar-refractivity contribution >= 4 is 11.4 Å². The van der Waals surface area contributed by atoms with Gasteiger partial charge in [0, 0.05) is 73.3 Å². The zero-order valence-corrected chi connectivity index (χ0v) is 24.7. The number of benzene rings is 2. The molecule has 3 aromatic rings. The number of aryl methyl sites for hydroxylation is 3. The lowest BCUT2D eigenvalue weighted by molar-refractivity contribution is -0.00632. The largest absolute Gasteiger partial charge is 0.381 e. The lowest BCUT2D eigenvalue weighted by atomic mass is 9.80. The molecule has 0 bridgehead atoms. The monoisotopic (exact) mass is 511 g/mol. The summed E-state index contributed by atoms with van der Waals surface area (Å²) < 4.78 is 5.90. The Balaban J connectivity index is 1.61. The highest BCUT2D eigenvalue weighted by Crippen LogP contribution is 2.40. The van der Waals surface area contributed by atoms with E-state index in [2.05, 4.69) is 101 Å². The summed E-state index contributed by atoms with van der Waals surface area (Å²) in [5.41, 5.74) is 13.2. The van der Waals surface area contributed by atoms with Crippen LogP contribution in [0.4, 0.5) is 11.4 Å². The molecule has 3 heterocycles. The Morgan fingerprint density at radius 1 is 0.921 bits per heavy atom. The van der Waals surface area contributed by atoms with Crippen LogP contribution in [0.2, 0.25) is 0 Å². The fraction of sp³-hybridized carbons (Fsp3) is 0.500. The molecule has 0 aliphatic carbocycles. The molecule has 38 heavy (non-hydrogen) atoms. The topological polar surface area (TPSA) is 28.6 Å². The fourth-order valence-electron chi connectivity index (χ4n) is 6.64. The molecule has 0 saturated carbocycles. The number of rotatable bonds is 5. The highest BCUT2D eigenvalue weighted by Gasteiger charge is 2.37. The lowest BCUT2D eigenvalue weighted by Gasteiger charge is -2.46. The number of piperidine rings is 1. The summed E-state index contributed by atoms with van der Waals surface area (Å²) in [7, 11) is 1.86. The number of anilines is 2. The molecule has 202 valence electrons. The van der Waals surface area contributed by atoms with Gasteiger partial charge >= 0.3 is 0 Å². The minimum atomic E-state index is 0.0818. The van der Waals surface area contributed by atoms with Gasteiger partial charge in [0.05, 0.1) is 11.8 Å². The molecule has 1 fully saturated rings. The first kappa shape index (κ1) is 26.7. The summed E-state index contributed by atoms with van der Waals surface area (Å²) in [5.74, 6) is 0.521. The van der Waals surface area contributed by atoms with Gasteiger partial charge in [-0.05, 0) is 67.5 Å². The first-order chi connectivity index (χ1) is 18.1. The van der Waals surface area contributed by atoms with Crippen molar-refractivity contribution in [3.8, 4) is 11.3 Å². The van der Waals surface area contributed by atoms with Crippen molar-refractivity contribution in [1.29, 1.82) is 0 Å². The molecular weight excluding hydrogens is 466 g/mol. The average molecular weight is 512 g/mol. The molecule has 2 aliphatic heterocycles. The van der Waals surface area contributed by atoms with Crippen molar-refractivity contribution < 1.29 is 4.74 Å². The molecule has 0 radical (unpaired) electrons. The summed E-state index contributed by atoms with van der Waals surface area (Å²) in [6, 6.07) is 15.9. The molecule has 0 N–H and O–H groups in total. The third kappa shape index (κ3) is 4.96. The number of aromatic nitrogens is 1. The van der Waals surface area contributed by atoms with Crippen LogP contribution in [0.1, 0.15) is 73.5 Å². The Kier molecular flexibility index (Phi) is 7.30. The molecule has 5 rings (SSSR count). The van der Waals surface area contributed by atoms with E-state index in [4.69, 9.17) is 9.72 Å². The minimum Gasteiger partial charge on any atom is -0.381 e. The van der Waals surface area contributed by atoms with Gasteiger partial charge in [-0.15, -0.1) is 0 Å². The standard InChI is InChI=1S/C34H45N3O/c1-22(2)26-13-12-23(3)30(18-26)36-16-14-28-27(20-36)31(37-17-15-32(38-8)34(6,7)21-37)19-29(35-28)33-24(4)10-9-11-25(33)5/h9-13,18-19,22,32H,14-17,20-21H2,1-8H3/t32-/m0/s1. The number of pyridine rings is 1. The van der Waals surface area contributed by atoms with E-state index >= 15 is 0 Å². The number of hydrogen-bond acceptors (Lipinski definition) is 4. The average Bonchev–Trinajstić information content (AvgIpc) is 2.87. The van der Waals surface area contributed by atoms with E-state index in [1.807, 2.05) is 7.11 Å². The summed E-state index contributed by atoms with van der Waals surface area (Å²) in [6.07, 6.45) is 2.29. The van der Waals surface area contributed by atoms with Gasteiger partial charge in [-0.3, -0.25) is 4.98 Å². The third-order valence-electron chi connectivity index (χ3n) is 8.89. The molecule has 4 heteroatoms. The van der Waals surface area contributed by atoms with E-state index in [0.29, 0.717) is 5.92 Å². The first-order valence-electron chi connectivity index (χ1n) is 14.3. The normalized spacial score (nSPS) is 19.1. The quantitative estimate of drug-likeness (QED) is 0.352. The van der Waals surface area contributed by atoms with Crippen LogP contribution in [0.5, 0.6) is 0 Å². The molecule has 0 spiro atoms. The Labute approximate surface area is 230 Å². The molecule has 0 unspecified atom stereocenters. The van der Waals surface area contributed by atoms with Gasteiger partial charge in [-0.1, -0.05) is 58.0 Å². The lowest BCUT2D eigenvalue weighted by Crippen LogP contribution is -2.50. The summed E-state index contributed by atoms with van der Waals surface area (Å²) >= 11 is 0. The second-order valence-electron chi connectivity index (χ2n) is 12.5. The van der Waals surface area contributed by atoms with E-state index in [9.17, 15) is 0 Å². The molecule has 1 aromatic heterocycles. The molecule has 0 amide bonds. The Hall–Kier alpha value is -2.85. The van der Waals surface area contributed by atoms with E-state index in [1.165, 1.54) is 50.4 Å². The molecule has 1 atom stereocenters. The van der Waals surface area contributed by atoms with Crippen molar-refractivity contribution in [3.05, 3.63) is 76.0 Å². The van der Waals surface area contributed by atoms with Gasteiger partial charge in [-0.2, -0.15) is 0 Å². The van der Waals surface area contributed by atoms with Crippen LogP contribution >= 0.6 is 0 Å². The molecule has 2 aromatic carbocycles. The van der Waals surface area contributed by atoms with Crippen LogP contribution in [-0.4, -0.2) is 37.8 Å². The predicted molar refractivity (Wildman–Crippen MR) is 161 cm³/mol. The van der Waals surface area contributed by atoms with Crippen LogP contribution in [0.15, 0.2) is 42.5 Å². The number of ether oxygens (including phenoxy) is 1. The van der Waals surface area contributed by atoms with Crippen molar-refractivity contribution in [2.75, 3.05) is 36.5 Å². The van der Waals surface area contributed by atoms with E-state index in [1.54, 1.807) is 0 Å². The maximum absolute atomic E-state index is 5.90. The molecule has 2 aliphatic rings.